The number of piperazine rings is 1. The van der Waals surface area contributed by atoms with Crippen molar-refractivity contribution in [2.24, 2.45) is 0 Å². The second-order valence-corrected chi connectivity index (χ2v) is 11.1. The van der Waals surface area contributed by atoms with Gasteiger partial charge in [0.1, 0.15) is 6.54 Å². The Hall–Kier alpha value is -4.28. The summed E-state index contributed by atoms with van der Waals surface area (Å²) in [5.41, 5.74) is 3.79. The predicted octanol–water partition coefficient (Wildman–Crippen LogP) is 5.47. The molecule has 0 N–H and O–H groups in total. The highest BCUT2D eigenvalue weighted by atomic mass is 19.4. The molecule has 1 unspecified atom stereocenters. The summed E-state index contributed by atoms with van der Waals surface area (Å²) in [6.45, 7) is 8.06. The van der Waals surface area contributed by atoms with Crippen molar-refractivity contribution in [1.29, 1.82) is 0 Å². The molecule has 6 rings (SSSR count). The molecule has 2 aliphatic heterocycles. The van der Waals surface area contributed by atoms with E-state index in [1.54, 1.807) is 16.9 Å². The van der Waals surface area contributed by atoms with Crippen molar-refractivity contribution in [3.05, 3.63) is 82.8 Å². The molecule has 1 amide bonds. The Bertz CT molecular complexity index is 1600. The molecule has 4 aromatic rings. The number of oxazole rings is 1. The lowest BCUT2D eigenvalue weighted by Gasteiger charge is -2.43. The number of hydrogen-bond acceptors (Lipinski definition) is 6. The largest absolute Gasteiger partial charge is 0.423 e. The molecule has 2 aliphatic rings. The molecule has 1 atom stereocenters. The maximum atomic E-state index is 14.1. The first-order valence-electron chi connectivity index (χ1n) is 14.1. The number of aromatic nitrogens is 3. The van der Waals surface area contributed by atoms with E-state index in [1.807, 2.05) is 67.0 Å². The van der Waals surface area contributed by atoms with Gasteiger partial charge in [-0.15, -0.1) is 0 Å². The van der Waals surface area contributed by atoms with Crippen LogP contribution in [0.4, 0.5) is 24.9 Å². The highest BCUT2D eigenvalue weighted by Crippen LogP contribution is 2.41. The van der Waals surface area contributed by atoms with Gasteiger partial charge in [-0.2, -0.15) is 18.3 Å². The van der Waals surface area contributed by atoms with Gasteiger partial charge in [-0.25, -0.2) is 4.98 Å². The molecule has 1 fully saturated rings. The summed E-state index contributed by atoms with van der Waals surface area (Å²) in [5, 5.41) is 4.41. The third-order valence-electron chi connectivity index (χ3n) is 8.19. The van der Waals surface area contributed by atoms with Crippen LogP contribution >= 0.6 is 0 Å². The van der Waals surface area contributed by atoms with Crippen molar-refractivity contribution in [3.8, 4) is 11.3 Å². The lowest BCUT2D eigenvalue weighted by Crippen LogP contribution is -2.55. The van der Waals surface area contributed by atoms with E-state index in [9.17, 15) is 18.0 Å². The Kier molecular flexibility index (Phi) is 7.20. The molecular weight excluding hydrogens is 545 g/mol. The number of alkyl halides is 3. The van der Waals surface area contributed by atoms with Crippen molar-refractivity contribution >= 4 is 17.6 Å². The molecule has 1 saturated heterocycles. The molecule has 0 spiro atoms. The van der Waals surface area contributed by atoms with E-state index >= 15 is 0 Å². The first-order chi connectivity index (χ1) is 20.1. The van der Waals surface area contributed by atoms with Crippen LogP contribution in [0.15, 0.2) is 59.1 Å². The minimum atomic E-state index is -4.45. The summed E-state index contributed by atoms with van der Waals surface area (Å²) < 4.78 is 50.0. The number of nitrogens with zero attached hydrogens (tertiary/aromatic N) is 6. The van der Waals surface area contributed by atoms with E-state index in [4.69, 9.17) is 4.42 Å². The Morgan fingerprint density at radius 1 is 1.02 bits per heavy atom. The fourth-order valence-electron chi connectivity index (χ4n) is 6.13. The van der Waals surface area contributed by atoms with E-state index in [0.29, 0.717) is 49.1 Å². The number of aryl methyl sites for hydroxylation is 2. The second kappa shape index (κ2) is 10.8. The van der Waals surface area contributed by atoms with Gasteiger partial charge in [0.05, 0.1) is 17.5 Å². The van der Waals surface area contributed by atoms with Crippen LogP contribution in [0.2, 0.25) is 0 Å². The van der Waals surface area contributed by atoms with E-state index in [0.717, 1.165) is 22.6 Å². The van der Waals surface area contributed by atoms with Crippen molar-refractivity contribution in [1.82, 2.24) is 19.7 Å². The molecule has 0 aliphatic carbocycles. The number of benzene rings is 2. The molecule has 0 radical (unpaired) electrons. The molecular formula is C31H33F3N6O2. The third kappa shape index (κ3) is 5.35. The second-order valence-electron chi connectivity index (χ2n) is 11.1. The molecule has 220 valence electrons. The first kappa shape index (κ1) is 27.9. The number of amides is 1. The summed E-state index contributed by atoms with van der Waals surface area (Å²) in [6.07, 6.45) is -2.58. The van der Waals surface area contributed by atoms with Crippen LogP contribution in [0.3, 0.4) is 0 Å². The summed E-state index contributed by atoms with van der Waals surface area (Å²) in [5.74, 6) is 0.586. The molecule has 2 aromatic heterocycles. The SMILES string of the molecule is Cc1cc(C)n(CC(=O)N2CCN(c3ccc(C(F)(F)F)c4c3CN(c3ncc(-c5ccccc5)o3)CC4)CC2C)n1. The molecule has 42 heavy (non-hydrogen) atoms. The van der Waals surface area contributed by atoms with E-state index in [2.05, 4.69) is 15.0 Å². The maximum Gasteiger partial charge on any atom is 0.416 e. The van der Waals surface area contributed by atoms with Gasteiger partial charge in [0.25, 0.3) is 6.01 Å². The summed E-state index contributed by atoms with van der Waals surface area (Å²) >= 11 is 0. The van der Waals surface area contributed by atoms with Gasteiger partial charge < -0.3 is 19.1 Å². The fourth-order valence-corrected chi connectivity index (χ4v) is 6.13. The Labute approximate surface area is 242 Å². The van der Waals surface area contributed by atoms with Crippen LogP contribution in [-0.4, -0.2) is 57.8 Å². The van der Waals surface area contributed by atoms with Crippen LogP contribution in [0.25, 0.3) is 11.3 Å². The van der Waals surface area contributed by atoms with Crippen LogP contribution in [-0.2, 0) is 30.5 Å². The number of fused-ring (bicyclic) bond motifs is 1. The highest BCUT2D eigenvalue weighted by Gasteiger charge is 2.38. The van der Waals surface area contributed by atoms with Gasteiger partial charge in [0, 0.05) is 55.7 Å². The molecule has 4 heterocycles. The van der Waals surface area contributed by atoms with Gasteiger partial charge in [-0.3, -0.25) is 9.48 Å². The molecule has 0 bridgehead atoms. The molecule has 2 aromatic carbocycles. The summed E-state index contributed by atoms with van der Waals surface area (Å²) in [4.78, 5) is 23.5. The monoisotopic (exact) mass is 578 g/mol. The Morgan fingerprint density at radius 2 is 1.81 bits per heavy atom. The predicted molar refractivity (Wildman–Crippen MR) is 153 cm³/mol. The van der Waals surface area contributed by atoms with Gasteiger partial charge in [-0.05, 0) is 56.5 Å². The van der Waals surface area contributed by atoms with Gasteiger partial charge >= 0.3 is 6.18 Å². The third-order valence-corrected chi connectivity index (χ3v) is 8.19. The summed E-state index contributed by atoms with van der Waals surface area (Å²) in [7, 11) is 0. The Morgan fingerprint density at radius 3 is 2.50 bits per heavy atom. The molecule has 8 nitrogen and oxygen atoms in total. The lowest BCUT2D eigenvalue weighted by atomic mass is 9.91. The normalized spacial score (nSPS) is 17.5. The fraction of sp³-hybridized carbons (Fsp3) is 0.387. The summed E-state index contributed by atoms with van der Waals surface area (Å²) in [6, 6.07) is 14.6. The van der Waals surface area contributed by atoms with Crippen molar-refractivity contribution < 1.29 is 22.4 Å². The molecule has 0 saturated carbocycles. The topological polar surface area (TPSA) is 70.6 Å². The lowest BCUT2D eigenvalue weighted by molar-refractivity contribution is -0.138. The standard InChI is InChI=1S/C31H33F3N6O2/c1-20-15-21(2)40(36-20)19-29(41)39-14-13-37(17-22(39)3)27-10-9-26(31(32,33)34)24-11-12-38(18-25(24)27)30-35-16-28(42-30)23-7-5-4-6-8-23/h4-10,15-16,22H,11-14,17-19H2,1-3H3. The average Bonchev–Trinajstić information content (AvgIpc) is 3.58. The first-order valence-corrected chi connectivity index (χ1v) is 14.1. The number of carbonyl (C=O) groups is 1. The van der Waals surface area contributed by atoms with Gasteiger partial charge in [0.15, 0.2) is 5.76 Å². The van der Waals surface area contributed by atoms with E-state index in [-0.39, 0.29) is 31.5 Å². The van der Waals surface area contributed by atoms with Crippen LogP contribution in [0.5, 0.6) is 0 Å². The number of rotatable bonds is 5. The Balaban J connectivity index is 1.24. The quantitative estimate of drug-likeness (QED) is 0.313. The van der Waals surface area contributed by atoms with E-state index < -0.39 is 11.7 Å². The maximum absolute atomic E-state index is 14.1. The number of hydrogen-bond donors (Lipinski definition) is 0. The number of anilines is 2. The van der Waals surface area contributed by atoms with Crippen LogP contribution < -0.4 is 9.80 Å². The zero-order valence-corrected chi connectivity index (χ0v) is 23.9. The number of halogens is 3. The minimum absolute atomic E-state index is 0.0212. The van der Waals surface area contributed by atoms with Gasteiger partial charge in [-0.1, -0.05) is 30.3 Å². The van der Waals surface area contributed by atoms with Crippen LogP contribution in [0, 0.1) is 13.8 Å². The van der Waals surface area contributed by atoms with Crippen LogP contribution in [0.1, 0.15) is 35.0 Å². The highest BCUT2D eigenvalue weighted by molar-refractivity contribution is 5.77. The zero-order valence-electron chi connectivity index (χ0n) is 23.9. The smallest absolute Gasteiger partial charge is 0.416 e. The minimum Gasteiger partial charge on any atom is -0.423 e. The average molecular weight is 579 g/mol. The zero-order chi connectivity index (χ0) is 29.6. The number of carbonyl (C=O) groups excluding carboxylic acids is 1. The van der Waals surface area contributed by atoms with Crippen molar-refractivity contribution in [3.63, 3.8) is 0 Å². The van der Waals surface area contributed by atoms with Gasteiger partial charge in [0.2, 0.25) is 5.91 Å². The van der Waals surface area contributed by atoms with Crippen molar-refractivity contribution in [2.75, 3.05) is 36.0 Å². The molecule has 11 heteroatoms. The van der Waals surface area contributed by atoms with Crippen molar-refractivity contribution in [2.45, 2.75) is 52.5 Å². The van der Waals surface area contributed by atoms with E-state index in [1.165, 1.54) is 6.07 Å².